The van der Waals surface area contributed by atoms with Crippen LogP contribution in [0.15, 0.2) is 206 Å². The van der Waals surface area contributed by atoms with Gasteiger partial charge >= 0.3 is 0 Å². The Morgan fingerprint density at radius 3 is 2.02 bits per heavy atom. The molecule has 2 atom stereocenters. The average molecular weight is 780 g/mol. The average Bonchev–Trinajstić information content (AvgIpc) is 3.90. The quantitative estimate of drug-likeness (QED) is 0.127. The number of hydrogen-bond donors (Lipinski definition) is 0. The Labute approximate surface area is 347 Å². The molecule has 1 aliphatic carbocycles. The van der Waals surface area contributed by atoms with Gasteiger partial charge < -0.3 is 9.13 Å². The maximum absolute atomic E-state index is 16.2. The van der Waals surface area contributed by atoms with Gasteiger partial charge in [-0.15, -0.1) is 0 Å². The highest BCUT2D eigenvalue weighted by Crippen LogP contribution is 2.64. The van der Waals surface area contributed by atoms with Gasteiger partial charge in [0.05, 0.1) is 22.1 Å². The molecular formula is C57H34NOP. The maximum Gasteiger partial charge on any atom is 0.172 e. The maximum atomic E-state index is 16.2. The van der Waals surface area contributed by atoms with Crippen LogP contribution in [-0.4, -0.2) is 4.57 Å². The summed E-state index contributed by atoms with van der Waals surface area (Å²) < 4.78 is 18.7. The molecule has 3 heterocycles. The number of hydrogen-bond acceptors (Lipinski definition) is 1. The van der Waals surface area contributed by atoms with Crippen molar-refractivity contribution in [3.63, 3.8) is 0 Å². The minimum Gasteiger partial charge on any atom is -0.309 e. The van der Waals surface area contributed by atoms with E-state index in [-0.39, 0.29) is 0 Å². The van der Waals surface area contributed by atoms with E-state index < -0.39 is 12.6 Å². The van der Waals surface area contributed by atoms with Gasteiger partial charge in [-0.05, 0) is 108 Å². The van der Waals surface area contributed by atoms with Crippen LogP contribution in [0.4, 0.5) is 0 Å². The molecule has 0 amide bonds. The largest absolute Gasteiger partial charge is 0.309 e. The van der Waals surface area contributed by atoms with E-state index in [0.29, 0.717) is 0 Å². The van der Waals surface area contributed by atoms with E-state index in [1.165, 1.54) is 88.0 Å². The number of aromatic nitrogens is 1. The minimum absolute atomic E-state index is 0.655. The van der Waals surface area contributed by atoms with E-state index in [2.05, 4.69) is 187 Å². The second kappa shape index (κ2) is 11.5. The highest BCUT2D eigenvalue weighted by molar-refractivity contribution is 7.86. The molecule has 3 heteroatoms. The SMILES string of the molecule is O=[P@@]1(c2ccccc2)c2ccccc2-c2cc3c(cc21)-c1c(-c2ccc4c(ccc5ccccc54)c2)cccc1C31c2ccccc2-n2c3ccccc3c3cccc1c32. The summed E-state index contributed by atoms with van der Waals surface area (Å²) in [5.74, 6) is 0. The van der Waals surface area contributed by atoms with Crippen molar-refractivity contribution in [2.75, 3.05) is 0 Å². The first-order chi connectivity index (χ1) is 29.7. The Morgan fingerprint density at radius 1 is 0.400 bits per heavy atom. The Hall–Kier alpha value is -7.25. The van der Waals surface area contributed by atoms with Gasteiger partial charge in [0.15, 0.2) is 7.14 Å². The van der Waals surface area contributed by atoms with Crippen LogP contribution in [0.1, 0.15) is 22.3 Å². The monoisotopic (exact) mass is 779 g/mol. The molecule has 3 aliphatic rings. The molecule has 1 aromatic heterocycles. The number of rotatable bonds is 2. The molecule has 11 aromatic rings. The summed E-state index contributed by atoms with van der Waals surface area (Å²) in [6, 6.07) is 75.2. The normalized spacial score (nSPS) is 17.9. The van der Waals surface area contributed by atoms with E-state index in [0.717, 1.165) is 32.6 Å². The Morgan fingerprint density at radius 2 is 1.08 bits per heavy atom. The molecule has 0 bridgehead atoms. The van der Waals surface area contributed by atoms with Crippen molar-refractivity contribution in [1.29, 1.82) is 0 Å². The van der Waals surface area contributed by atoms with E-state index in [4.69, 9.17) is 0 Å². The summed E-state index contributed by atoms with van der Waals surface area (Å²) in [5.41, 5.74) is 14.9. The second-order valence-electron chi connectivity index (χ2n) is 16.6. The lowest BCUT2D eigenvalue weighted by molar-refractivity contribution is 0.593. The van der Waals surface area contributed by atoms with E-state index in [9.17, 15) is 0 Å². The molecule has 2 nitrogen and oxygen atoms in total. The van der Waals surface area contributed by atoms with Crippen LogP contribution < -0.4 is 15.9 Å². The lowest BCUT2D eigenvalue weighted by Crippen LogP contribution is -2.33. The smallest absolute Gasteiger partial charge is 0.172 e. The number of para-hydroxylation sites is 3. The van der Waals surface area contributed by atoms with Crippen LogP contribution in [-0.2, 0) is 9.98 Å². The molecule has 60 heavy (non-hydrogen) atoms. The fourth-order valence-electron chi connectivity index (χ4n) is 11.6. The molecule has 0 saturated heterocycles. The van der Waals surface area contributed by atoms with Crippen LogP contribution in [0.5, 0.6) is 0 Å². The van der Waals surface area contributed by atoms with Gasteiger partial charge in [0.2, 0.25) is 0 Å². The van der Waals surface area contributed by atoms with Crippen molar-refractivity contribution < 1.29 is 4.57 Å². The molecule has 2 aliphatic heterocycles. The zero-order valence-corrected chi connectivity index (χ0v) is 33.3. The van der Waals surface area contributed by atoms with E-state index in [1.807, 2.05) is 24.3 Å². The van der Waals surface area contributed by atoms with Gasteiger partial charge in [-0.2, -0.15) is 0 Å². The van der Waals surface area contributed by atoms with Gasteiger partial charge in [-0.3, -0.25) is 0 Å². The van der Waals surface area contributed by atoms with Crippen LogP contribution in [0, 0.1) is 0 Å². The standard InChI is InChI=1S/C57H34NOP/c59-60(38-15-2-1-3-16-38)53-27-11-7-19-43(53)45-33-50-46(34-54(45)60)55-41(37-30-31-40-36(32-37)29-28-35-14-4-5-17-39(35)40)20-12-23-48(55)57(50)47-22-8-10-26-52(47)58-51-25-9-6-18-42(51)44-21-13-24-49(57)56(44)58/h1-34H/t57?,60-/m0/s1. The highest BCUT2D eigenvalue weighted by atomic mass is 31.2. The van der Waals surface area contributed by atoms with Crippen molar-refractivity contribution in [2.24, 2.45) is 0 Å². The summed E-state index contributed by atoms with van der Waals surface area (Å²) >= 11 is 0. The van der Waals surface area contributed by atoms with Gasteiger partial charge in [0, 0.05) is 26.7 Å². The van der Waals surface area contributed by atoms with Gasteiger partial charge in [-0.25, -0.2) is 0 Å². The summed E-state index contributed by atoms with van der Waals surface area (Å²) in [5, 5.41) is 10.2. The summed E-state index contributed by atoms with van der Waals surface area (Å²) in [6.45, 7) is 0. The summed E-state index contributed by atoms with van der Waals surface area (Å²) in [4.78, 5) is 0. The minimum atomic E-state index is -3.23. The summed E-state index contributed by atoms with van der Waals surface area (Å²) in [7, 11) is -3.23. The van der Waals surface area contributed by atoms with Crippen LogP contribution in [0.3, 0.4) is 0 Å². The number of fused-ring (bicyclic) bond motifs is 18. The lowest BCUT2D eigenvalue weighted by Gasteiger charge is -2.39. The Bertz CT molecular complexity index is 3760. The fraction of sp³-hybridized carbons (Fsp3) is 0.0175. The van der Waals surface area contributed by atoms with Crippen LogP contribution in [0.25, 0.3) is 82.4 Å². The predicted molar refractivity (Wildman–Crippen MR) is 250 cm³/mol. The zero-order chi connectivity index (χ0) is 39.3. The van der Waals surface area contributed by atoms with Crippen molar-refractivity contribution in [1.82, 2.24) is 4.57 Å². The molecule has 0 radical (unpaired) electrons. The molecule has 0 N–H and O–H groups in total. The molecule has 10 aromatic carbocycles. The highest BCUT2D eigenvalue weighted by Gasteiger charge is 2.53. The third-order valence-electron chi connectivity index (χ3n) is 14.0. The van der Waals surface area contributed by atoms with E-state index >= 15 is 4.57 Å². The predicted octanol–water partition coefficient (Wildman–Crippen LogP) is 13.1. The van der Waals surface area contributed by atoms with Crippen molar-refractivity contribution in [3.8, 4) is 39.1 Å². The number of nitrogens with zero attached hydrogens (tertiary/aromatic N) is 1. The topological polar surface area (TPSA) is 22.0 Å². The number of benzene rings is 10. The Balaban J connectivity index is 1.16. The van der Waals surface area contributed by atoms with Crippen LogP contribution >= 0.6 is 7.14 Å². The first kappa shape index (κ1) is 32.7. The molecule has 1 spiro atoms. The third kappa shape index (κ3) is 3.84. The van der Waals surface area contributed by atoms with Gasteiger partial charge in [-0.1, -0.05) is 176 Å². The van der Waals surface area contributed by atoms with Crippen molar-refractivity contribution >= 4 is 66.4 Å². The third-order valence-corrected chi connectivity index (χ3v) is 17.1. The summed E-state index contributed by atoms with van der Waals surface area (Å²) in [6.07, 6.45) is 0. The molecule has 1 unspecified atom stereocenters. The van der Waals surface area contributed by atoms with Crippen molar-refractivity contribution in [2.45, 2.75) is 5.41 Å². The molecule has 0 saturated carbocycles. The van der Waals surface area contributed by atoms with Gasteiger partial charge in [0.25, 0.3) is 0 Å². The van der Waals surface area contributed by atoms with E-state index in [1.54, 1.807) is 0 Å². The zero-order valence-electron chi connectivity index (χ0n) is 32.4. The van der Waals surface area contributed by atoms with Crippen molar-refractivity contribution in [3.05, 3.63) is 229 Å². The molecule has 278 valence electrons. The fourth-order valence-corrected chi connectivity index (χ4v) is 14.7. The lowest BCUT2D eigenvalue weighted by atomic mass is 9.65. The van der Waals surface area contributed by atoms with Gasteiger partial charge in [0.1, 0.15) is 0 Å². The Kier molecular flexibility index (Phi) is 6.25. The molecule has 0 fully saturated rings. The molecule has 14 rings (SSSR count). The van der Waals surface area contributed by atoms with Crippen LogP contribution in [0.2, 0.25) is 0 Å². The molecular weight excluding hydrogens is 746 g/mol. The second-order valence-corrected chi connectivity index (χ2v) is 19.3. The first-order valence-electron chi connectivity index (χ1n) is 20.8. The first-order valence-corrected chi connectivity index (χ1v) is 22.5.